The average molecular weight is 296 g/mol. The van der Waals surface area contributed by atoms with Crippen LogP contribution in [0.1, 0.15) is 19.3 Å². The standard InChI is InChI=1S/C12H19Cl2NO3/c1-17-12(16)4-5-15(8-10(14)7-13)9-11-3-2-6-18-11/h7,11H,2-6,8-9H2,1H3. The summed E-state index contributed by atoms with van der Waals surface area (Å²) in [6.45, 7) is 2.70. The summed E-state index contributed by atoms with van der Waals surface area (Å²) in [7, 11) is 1.39. The fourth-order valence-electron chi connectivity index (χ4n) is 1.91. The number of halogens is 2. The molecular formula is C12H19Cl2NO3. The van der Waals surface area contributed by atoms with Crippen molar-refractivity contribution in [3.05, 3.63) is 10.6 Å². The minimum atomic E-state index is -0.224. The van der Waals surface area contributed by atoms with Gasteiger partial charge in [-0.15, -0.1) is 0 Å². The first-order chi connectivity index (χ1) is 8.65. The van der Waals surface area contributed by atoms with E-state index in [0.29, 0.717) is 24.5 Å². The summed E-state index contributed by atoms with van der Waals surface area (Å²) >= 11 is 11.5. The van der Waals surface area contributed by atoms with E-state index in [4.69, 9.17) is 27.9 Å². The maximum Gasteiger partial charge on any atom is 0.306 e. The van der Waals surface area contributed by atoms with E-state index in [0.717, 1.165) is 26.0 Å². The highest BCUT2D eigenvalue weighted by Crippen LogP contribution is 2.15. The van der Waals surface area contributed by atoms with Gasteiger partial charge in [0.25, 0.3) is 0 Å². The van der Waals surface area contributed by atoms with Crippen LogP contribution >= 0.6 is 23.2 Å². The fourth-order valence-corrected chi connectivity index (χ4v) is 2.15. The van der Waals surface area contributed by atoms with Crippen molar-refractivity contribution in [2.75, 3.05) is 33.4 Å². The van der Waals surface area contributed by atoms with E-state index in [1.165, 1.54) is 12.6 Å². The monoisotopic (exact) mass is 295 g/mol. The Morgan fingerprint density at radius 2 is 2.39 bits per heavy atom. The third-order valence-corrected chi connectivity index (χ3v) is 3.44. The molecule has 0 saturated carbocycles. The highest BCUT2D eigenvalue weighted by molar-refractivity contribution is 6.36. The number of hydrogen-bond donors (Lipinski definition) is 0. The van der Waals surface area contributed by atoms with Crippen LogP contribution in [0.5, 0.6) is 0 Å². The third kappa shape index (κ3) is 6.05. The lowest BCUT2D eigenvalue weighted by Gasteiger charge is -2.24. The van der Waals surface area contributed by atoms with Crippen LogP contribution in [0.4, 0.5) is 0 Å². The molecule has 6 heteroatoms. The lowest BCUT2D eigenvalue weighted by molar-refractivity contribution is -0.141. The molecule has 1 atom stereocenters. The van der Waals surface area contributed by atoms with Crippen molar-refractivity contribution >= 4 is 29.2 Å². The molecule has 4 nitrogen and oxygen atoms in total. The van der Waals surface area contributed by atoms with Gasteiger partial charge in [0.2, 0.25) is 0 Å². The second kappa shape index (κ2) is 8.75. The van der Waals surface area contributed by atoms with Gasteiger partial charge in [-0.3, -0.25) is 9.69 Å². The third-order valence-electron chi connectivity index (χ3n) is 2.84. The summed E-state index contributed by atoms with van der Waals surface area (Å²) < 4.78 is 10.2. The first kappa shape index (κ1) is 15.8. The fraction of sp³-hybridized carbons (Fsp3) is 0.750. The number of carbonyl (C=O) groups excluding carboxylic acids is 1. The highest BCUT2D eigenvalue weighted by atomic mass is 35.5. The Morgan fingerprint density at radius 1 is 1.61 bits per heavy atom. The van der Waals surface area contributed by atoms with Gasteiger partial charge >= 0.3 is 5.97 Å². The van der Waals surface area contributed by atoms with Crippen LogP contribution < -0.4 is 0 Å². The number of esters is 1. The van der Waals surface area contributed by atoms with Crippen molar-refractivity contribution in [1.82, 2.24) is 4.90 Å². The van der Waals surface area contributed by atoms with E-state index in [-0.39, 0.29) is 12.1 Å². The van der Waals surface area contributed by atoms with Crippen LogP contribution in [-0.4, -0.2) is 50.3 Å². The minimum absolute atomic E-state index is 0.224. The quantitative estimate of drug-likeness (QED) is 0.676. The predicted octanol–water partition coefficient (Wildman–Crippen LogP) is 2.35. The summed E-state index contributed by atoms with van der Waals surface area (Å²) in [6.07, 6.45) is 2.71. The Kier molecular flexibility index (Phi) is 7.66. The molecule has 0 spiro atoms. The van der Waals surface area contributed by atoms with E-state index in [1.807, 2.05) is 0 Å². The molecule has 1 saturated heterocycles. The number of carbonyl (C=O) groups is 1. The summed E-state index contributed by atoms with van der Waals surface area (Å²) in [5, 5.41) is 0.555. The number of rotatable bonds is 7. The van der Waals surface area contributed by atoms with Crippen molar-refractivity contribution in [3.8, 4) is 0 Å². The summed E-state index contributed by atoms with van der Waals surface area (Å²) in [5.41, 5.74) is 1.35. The molecule has 0 aromatic carbocycles. The first-order valence-corrected chi connectivity index (χ1v) is 6.82. The van der Waals surface area contributed by atoms with Crippen molar-refractivity contribution in [2.45, 2.75) is 25.4 Å². The Balaban J connectivity index is 2.42. The molecule has 18 heavy (non-hydrogen) atoms. The molecule has 1 unspecified atom stereocenters. The zero-order valence-corrected chi connectivity index (χ0v) is 12.0. The molecule has 0 N–H and O–H groups in total. The SMILES string of the molecule is COC(=O)CCN(CC(Cl)=CCl)CC1CCCO1. The molecule has 1 heterocycles. The Hall–Kier alpha value is -0.290. The Bertz CT molecular complexity index is 291. The molecule has 0 radical (unpaired) electrons. The molecule has 1 aliphatic rings. The normalized spacial score (nSPS) is 20.4. The van der Waals surface area contributed by atoms with Crippen molar-refractivity contribution in [2.24, 2.45) is 0 Å². The Labute approximate surface area is 118 Å². The van der Waals surface area contributed by atoms with Crippen LogP contribution in [0.15, 0.2) is 10.6 Å². The molecule has 0 aliphatic carbocycles. The smallest absolute Gasteiger partial charge is 0.306 e. The van der Waals surface area contributed by atoms with Crippen LogP contribution in [0.3, 0.4) is 0 Å². The van der Waals surface area contributed by atoms with Gasteiger partial charge in [-0.1, -0.05) is 23.2 Å². The van der Waals surface area contributed by atoms with Gasteiger partial charge in [-0.25, -0.2) is 0 Å². The van der Waals surface area contributed by atoms with E-state index in [1.54, 1.807) is 0 Å². The molecule has 0 amide bonds. The van der Waals surface area contributed by atoms with Crippen molar-refractivity contribution in [1.29, 1.82) is 0 Å². The highest BCUT2D eigenvalue weighted by Gasteiger charge is 2.20. The van der Waals surface area contributed by atoms with Crippen molar-refractivity contribution in [3.63, 3.8) is 0 Å². The van der Waals surface area contributed by atoms with Gasteiger partial charge in [-0.2, -0.15) is 0 Å². The van der Waals surface area contributed by atoms with Crippen LogP contribution in [0.25, 0.3) is 0 Å². The molecule has 1 rings (SSSR count). The van der Waals surface area contributed by atoms with Gasteiger partial charge in [0, 0.05) is 36.8 Å². The average Bonchev–Trinajstić information content (AvgIpc) is 2.88. The van der Waals surface area contributed by atoms with E-state index in [9.17, 15) is 4.79 Å². The summed E-state index contributed by atoms with van der Waals surface area (Å²) in [4.78, 5) is 13.2. The van der Waals surface area contributed by atoms with E-state index in [2.05, 4.69) is 9.64 Å². The predicted molar refractivity (Wildman–Crippen MR) is 71.8 cm³/mol. The summed E-state index contributed by atoms with van der Waals surface area (Å²) in [5.74, 6) is -0.224. The number of methoxy groups -OCH3 is 1. The molecule has 0 aromatic heterocycles. The Morgan fingerprint density at radius 3 is 2.94 bits per heavy atom. The van der Waals surface area contributed by atoms with Gasteiger partial charge in [-0.05, 0) is 12.8 Å². The molecule has 1 fully saturated rings. The molecule has 1 aliphatic heterocycles. The van der Waals surface area contributed by atoms with Crippen molar-refractivity contribution < 1.29 is 14.3 Å². The molecular weight excluding hydrogens is 277 g/mol. The lowest BCUT2D eigenvalue weighted by atomic mass is 10.2. The van der Waals surface area contributed by atoms with Crippen LogP contribution in [0.2, 0.25) is 0 Å². The van der Waals surface area contributed by atoms with Gasteiger partial charge in [0.05, 0.1) is 19.6 Å². The van der Waals surface area contributed by atoms with Gasteiger partial charge in [0.15, 0.2) is 0 Å². The zero-order chi connectivity index (χ0) is 13.4. The second-order valence-corrected chi connectivity index (χ2v) is 4.96. The van der Waals surface area contributed by atoms with E-state index >= 15 is 0 Å². The topological polar surface area (TPSA) is 38.8 Å². The van der Waals surface area contributed by atoms with Crippen LogP contribution in [-0.2, 0) is 14.3 Å². The van der Waals surface area contributed by atoms with E-state index < -0.39 is 0 Å². The number of ether oxygens (including phenoxy) is 2. The molecule has 0 aromatic rings. The molecule has 0 bridgehead atoms. The largest absolute Gasteiger partial charge is 0.469 e. The number of nitrogens with zero attached hydrogens (tertiary/aromatic N) is 1. The lowest BCUT2D eigenvalue weighted by Crippen LogP contribution is -2.35. The van der Waals surface area contributed by atoms with Gasteiger partial charge < -0.3 is 9.47 Å². The maximum atomic E-state index is 11.2. The maximum absolute atomic E-state index is 11.2. The summed E-state index contributed by atoms with van der Waals surface area (Å²) in [6, 6.07) is 0. The zero-order valence-electron chi connectivity index (χ0n) is 10.5. The number of hydrogen-bond acceptors (Lipinski definition) is 4. The first-order valence-electron chi connectivity index (χ1n) is 6.01. The second-order valence-electron chi connectivity index (χ2n) is 4.25. The van der Waals surface area contributed by atoms with Gasteiger partial charge in [0.1, 0.15) is 0 Å². The molecule has 104 valence electrons. The van der Waals surface area contributed by atoms with Crippen LogP contribution in [0, 0.1) is 0 Å². The minimum Gasteiger partial charge on any atom is -0.469 e.